The number of carbonyl (C=O) groups excluding carboxylic acids is 2. The van der Waals surface area contributed by atoms with E-state index in [1.165, 1.54) is 141 Å². The van der Waals surface area contributed by atoms with Gasteiger partial charge in [-0.05, 0) is 115 Å². The number of carbonyl (C=O) groups is 2. The first-order chi connectivity index (χ1) is 27.9. The van der Waals surface area contributed by atoms with Crippen molar-refractivity contribution in [2.24, 2.45) is 35.5 Å². The summed E-state index contributed by atoms with van der Waals surface area (Å²) in [5.41, 5.74) is 2.67. The third kappa shape index (κ3) is 24.8. The summed E-state index contributed by atoms with van der Waals surface area (Å²) < 4.78 is 10.3. The van der Waals surface area contributed by atoms with E-state index in [-0.39, 0.29) is 23.1 Å². The second-order valence-corrected chi connectivity index (χ2v) is 20.5. The van der Waals surface area contributed by atoms with E-state index in [0.717, 1.165) is 54.8 Å². The van der Waals surface area contributed by atoms with Crippen molar-refractivity contribution < 1.29 is 24.2 Å². The van der Waals surface area contributed by atoms with Crippen molar-refractivity contribution in [3.8, 4) is 0 Å². The fourth-order valence-electron chi connectivity index (χ4n) is 8.98. The summed E-state index contributed by atoms with van der Waals surface area (Å²) in [5.74, 6) is 4.45. The van der Waals surface area contributed by atoms with E-state index in [1.807, 2.05) is 6.92 Å². The van der Waals surface area contributed by atoms with Gasteiger partial charge < -0.3 is 14.6 Å². The number of hydrogen-bond donors (Lipinski definition) is 1. The van der Waals surface area contributed by atoms with Crippen LogP contribution in [-0.4, -0.2) is 36.5 Å². The van der Waals surface area contributed by atoms with E-state index < -0.39 is 5.60 Å². The van der Waals surface area contributed by atoms with Crippen LogP contribution in [-0.2, 0) is 19.1 Å². The molecule has 0 amide bonds. The van der Waals surface area contributed by atoms with Gasteiger partial charge in [0.2, 0.25) is 23.1 Å². The maximum Gasteiger partial charge on any atom is 0.228 e. The molecule has 1 aliphatic rings. The van der Waals surface area contributed by atoms with E-state index in [1.54, 1.807) is 6.92 Å². The number of Topliss-reactive ketones (excluding diaryl/α,β-unsaturated/α-hetero) is 2. The van der Waals surface area contributed by atoms with Crippen molar-refractivity contribution in [1.82, 2.24) is 0 Å². The molecule has 342 valence electrons. The largest absolute Gasteiger partial charge is 0.489 e. The lowest BCUT2D eigenvalue weighted by Gasteiger charge is -2.25. The first-order valence-electron chi connectivity index (χ1n) is 24.6. The van der Waals surface area contributed by atoms with Crippen molar-refractivity contribution >= 4 is 11.6 Å². The molecule has 0 saturated heterocycles. The highest BCUT2D eigenvalue weighted by atomic mass is 16.5. The lowest BCUT2D eigenvalue weighted by Crippen LogP contribution is -2.28. The molecule has 1 N–H and O–H groups in total. The van der Waals surface area contributed by atoms with Crippen LogP contribution in [0.1, 0.15) is 230 Å². The van der Waals surface area contributed by atoms with Gasteiger partial charge in [-0.1, -0.05) is 174 Å². The quantitative estimate of drug-likeness (QED) is 0.0509. The molecule has 59 heavy (non-hydrogen) atoms. The van der Waals surface area contributed by atoms with Crippen molar-refractivity contribution in [2.75, 3.05) is 14.2 Å². The maximum atomic E-state index is 12.9. The molecular weight excluding hydrogens is 729 g/mol. The van der Waals surface area contributed by atoms with Crippen LogP contribution in [0, 0.1) is 35.5 Å². The molecule has 5 heteroatoms. The lowest BCUT2D eigenvalue weighted by molar-refractivity contribution is -0.121. The molecule has 0 bridgehead atoms. The van der Waals surface area contributed by atoms with E-state index in [4.69, 9.17) is 9.47 Å². The summed E-state index contributed by atoms with van der Waals surface area (Å²) in [6.07, 6.45) is 33.7. The van der Waals surface area contributed by atoms with E-state index in [2.05, 4.69) is 74.5 Å². The van der Waals surface area contributed by atoms with Crippen LogP contribution in [0.5, 0.6) is 0 Å². The number of methoxy groups -OCH3 is 2. The molecule has 6 atom stereocenters. The number of ether oxygens (including phenoxy) is 2. The van der Waals surface area contributed by atoms with Crippen LogP contribution in [0.15, 0.2) is 46.0 Å². The highest BCUT2D eigenvalue weighted by Gasteiger charge is 2.35. The molecule has 0 aliphatic heterocycles. The minimum absolute atomic E-state index is 0.0498. The number of ketones is 2. The van der Waals surface area contributed by atoms with Crippen molar-refractivity contribution in [3.63, 3.8) is 0 Å². The van der Waals surface area contributed by atoms with Crippen LogP contribution < -0.4 is 0 Å². The molecule has 6 unspecified atom stereocenters. The van der Waals surface area contributed by atoms with Crippen LogP contribution in [0.25, 0.3) is 0 Å². The second-order valence-electron chi connectivity index (χ2n) is 20.5. The fourth-order valence-corrected chi connectivity index (χ4v) is 8.98. The summed E-state index contributed by atoms with van der Waals surface area (Å²) in [7, 11) is 2.73. The minimum atomic E-state index is -0.945. The van der Waals surface area contributed by atoms with Gasteiger partial charge >= 0.3 is 0 Å². The Balaban J connectivity index is 2.16. The summed E-state index contributed by atoms with van der Waals surface area (Å²) in [6, 6.07) is 0. The van der Waals surface area contributed by atoms with E-state index >= 15 is 0 Å². The van der Waals surface area contributed by atoms with Gasteiger partial charge in [-0.3, -0.25) is 9.59 Å². The minimum Gasteiger partial charge on any atom is -0.489 e. The molecular formula is C54H96O5. The molecule has 0 saturated carbocycles. The summed E-state index contributed by atoms with van der Waals surface area (Å²) in [6.45, 7) is 25.0. The molecule has 0 aromatic carbocycles. The van der Waals surface area contributed by atoms with Crippen molar-refractivity contribution in [1.29, 1.82) is 0 Å². The topological polar surface area (TPSA) is 72.8 Å². The Labute approximate surface area is 366 Å². The van der Waals surface area contributed by atoms with Gasteiger partial charge in [-0.25, -0.2) is 0 Å². The second kappa shape index (κ2) is 30.8. The first-order valence-corrected chi connectivity index (χ1v) is 24.6. The molecule has 0 spiro atoms. The Kier molecular flexibility index (Phi) is 28.7. The number of allylic oxidation sites excluding steroid dienone is 6. The predicted molar refractivity (Wildman–Crippen MR) is 253 cm³/mol. The Morgan fingerprint density at radius 1 is 0.559 bits per heavy atom. The molecule has 5 nitrogen and oxygen atoms in total. The zero-order valence-corrected chi connectivity index (χ0v) is 41.2. The van der Waals surface area contributed by atoms with Gasteiger partial charge in [-0.2, -0.15) is 0 Å². The summed E-state index contributed by atoms with van der Waals surface area (Å²) in [4.78, 5) is 25.6. The third-order valence-electron chi connectivity index (χ3n) is 13.5. The Bertz CT molecular complexity index is 1310. The summed E-state index contributed by atoms with van der Waals surface area (Å²) >= 11 is 0. The van der Waals surface area contributed by atoms with Gasteiger partial charge in [0.15, 0.2) is 0 Å². The SMILES string of the molecule is COC1=C(OC)C(=O)C(CCC(C)(O)CCC=C(C)CCC=C(C)CCCC(C)CCCC(C)CCCC(C)CCCC(C)CCCC(C)CCCC(C)C)=C(C)C1=O. The number of aliphatic hydroxyl groups is 1. The highest BCUT2D eigenvalue weighted by molar-refractivity contribution is 6.23. The molecule has 1 aliphatic carbocycles. The number of rotatable bonds is 35. The van der Waals surface area contributed by atoms with Gasteiger partial charge in [-0.15, -0.1) is 0 Å². The van der Waals surface area contributed by atoms with E-state index in [0.29, 0.717) is 30.4 Å². The Morgan fingerprint density at radius 3 is 1.36 bits per heavy atom. The number of hydrogen-bond acceptors (Lipinski definition) is 5. The first kappa shape index (κ1) is 54.9. The average molecular weight is 825 g/mol. The smallest absolute Gasteiger partial charge is 0.228 e. The lowest BCUT2D eigenvalue weighted by atomic mass is 9.85. The Morgan fingerprint density at radius 2 is 0.932 bits per heavy atom. The third-order valence-corrected chi connectivity index (χ3v) is 13.5. The molecule has 0 aromatic rings. The molecule has 0 fully saturated rings. The van der Waals surface area contributed by atoms with Gasteiger partial charge in [0.25, 0.3) is 0 Å². The monoisotopic (exact) mass is 825 g/mol. The van der Waals surface area contributed by atoms with Crippen molar-refractivity contribution in [2.45, 2.75) is 236 Å². The van der Waals surface area contributed by atoms with E-state index in [9.17, 15) is 14.7 Å². The molecule has 0 radical (unpaired) electrons. The highest BCUT2D eigenvalue weighted by Crippen LogP contribution is 2.32. The fraction of sp³-hybridized carbons (Fsp3) is 0.815. The molecule has 0 aromatic heterocycles. The average Bonchev–Trinajstić information content (AvgIpc) is 3.15. The van der Waals surface area contributed by atoms with Crippen LogP contribution in [0.4, 0.5) is 0 Å². The van der Waals surface area contributed by atoms with Crippen molar-refractivity contribution in [3.05, 3.63) is 46.0 Å². The zero-order chi connectivity index (χ0) is 44.4. The maximum absolute atomic E-state index is 12.9. The van der Waals surface area contributed by atoms with Crippen LogP contribution in [0.3, 0.4) is 0 Å². The van der Waals surface area contributed by atoms with Gasteiger partial charge in [0.1, 0.15) is 0 Å². The predicted octanol–water partition coefficient (Wildman–Crippen LogP) is 15.8. The standard InChI is InChI=1S/C54H96O5/c1-40(2)22-14-23-41(3)24-15-25-42(4)26-16-27-43(5)28-17-29-44(6)30-18-31-45(7)32-19-33-46(8)34-20-35-47(9)36-21-38-54(11,57)39-37-49-48(10)50(55)52(58-12)53(59-13)51(49)56/h34,36,40-45,57H,14-33,35,37-39H2,1-13H3. The Hall–Kier alpha value is -2.14. The van der Waals surface area contributed by atoms with Crippen LogP contribution in [0.2, 0.25) is 0 Å². The van der Waals surface area contributed by atoms with Crippen LogP contribution >= 0.6 is 0 Å². The molecule has 1 rings (SSSR count). The zero-order valence-electron chi connectivity index (χ0n) is 41.2. The molecule has 0 heterocycles. The normalized spacial score (nSPS) is 18.0. The van der Waals surface area contributed by atoms with Gasteiger partial charge in [0.05, 0.1) is 19.8 Å². The van der Waals surface area contributed by atoms with Gasteiger partial charge in [0, 0.05) is 11.1 Å². The summed E-state index contributed by atoms with van der Waals surface area (Å²) in [5, 5.41) is 11.1.